The third-order valence-electron chi connectivity index (χ3n) is 4.44. The molecule has 1 aromatic carbocycles. The van der Waals surface area contributed by atoms with Crippen molar-refractivity contribution in [1.82, 2.24) is 4.90 Å². The molecule has 0 saturated carbocycles. The maximum absolute atomic E-state index is 12.9. The Morgan fingerprint density at radius 2 is 1.86 bits per heavy atom. The van der Waals surface area contributed by atoms with Crippen LogP contribution in [0.5, 0.6) is 0 Å². The van der Waals surface area contributed by atoms with Crippen LogP contribution in [0.25, 0.3) is 0 Å². The Morgan fingerprint density at radius 3 is 2.43 bits per heavy atom. The average Bonchev–Trinajstić information content (AvgIpc) is 2.47. The molecule has 1 aliphatic rings. The summed E-state index contributed by atoms with van der Waals surface area (Å²) in [6.45, 7) is 6.29. The Labute approximate surface area is 125 Å². The number of piperidine rings is 1. The highest BCUT2D eigenvalue weighted by atomic mass is 16.4. The van der Waals surface area contributed by atoms with Crippen LogP contribution in [0.15, 0.2) is 30.3 Å². The van der Waals surface area contributed by atoms with E-state index in [4.69, 9.17) is 0 Å². The average molecular weight is 289 g/mol. The van der Waals surface area contributed by atoms with E-state index < -0.39 is 17.4 Å². The van der Waals surface area contributed by atoms with Crippen LogP contribution in [0.2, 0.25) is 0 Å². The van der Waals surface area contributed by atoms with Crippen molar-refractivity contribution in [2.24, 2.45) is 5.92 Å². The molecule has 2 atom stereocenters. The molecule has 0 radical (unpaired) electrons. The molecule has 0 bridgehead atoms. The standard InChI is InChI=1S/C17H23NO3/c1-12-9-10-18(14(11-12)15(19)20)16(21)17(2,3)13-7-5-4-6-8-13/h4-8,12,14H,9-11H2,1-3H3,(H,19,20). The molecule has 1 aromatic rings. The van der Waals surface area contributed by atoms with Crippen LogP contribution < -0.4 is 0 Å². The monoisotopic (exact) mass is 289 g/mol. The van der Waals surface area contributed by atoms with Gasteiger partial charge >= 0.3 is 5.97 Å². The van der Waals surface area contributed by atoms with Crippen LogP contribution in [-0.4, -0.2) is 34.5 Å². The van der Waals surface area contributed by atoms with Crippen molar-refractivity contribution in [3.8, 4) is 0 Å². The van der Waals surface area contributed by atoms with E-state index >= 15 is 0 Å². The highest BCUT2D eigenvalue weighted by Crippen LogP contribution is 2.30. The van der Waals surface area contributed by atoms with Gasteiger partial charge in [0.2, 0.25) is 5.91 Å². The molecule has 0 aromatic heterocycles. The summed E-state index contributed by atoms with van der Waals surface area (Å²) < 4.78 is 0. The van der Waals surface area contributed by atoms with Gasteiger partial charge in [-0.05, 0) is 38.2 Å². The van der Waals surface area contributed by atoms with Gasteiger partial charge in [0.25, 0.3) is 0 Å². The normalized spacial score (nSPS) is 22.9. The second kappa shape index (κ2) is 5.88. The summed E-state index contributed by atoms with van der Waals surface area (Å²) in [5.74, 6) is -0.665. The van der Waals surface area contributed by atoms with Crippen LogP contribution in [0.1, 0.15) is 39.2 Å². The summed E-state index contributed by atoms with van der Waals surface area (Å²) in [4.78, 5) is 25.9. The first-order valence-electron chi connectivity index (χ1n) is 7.43. The first kappa shape index (κ1) is 15.5. The van der Waals surface area contributed by atoms with Crippen molar-refractivity contribution < 1.29 is 14.7 Å². The summed E-state index contributed by atoms with van der Waals surface area (Å²) in [6.07, 6.45) is 1.40. The number of carboxylic acids is 1. The molecule has 4 nitrogen and oxygen atoms in total. The van der Waals surface area contributed by atoms with Gasteiger partial charge in [-0.1, -0.05) is 37.3 Å². The second-order valence-corrected chi connectivity index (χ2v) is 6.47. The zero-order chi connectivity index (χ0) is 15.6. The molecule has 1 N–H and O–H groups in total. The lowest BCUT2D eigenvalue weighted by Gasteiger charge is -2.40. The number of rotatable bonds is 3. The van der Waals surface area contributed by atoms with Crippen molar-refractivity contribution >= 4 is 11.9 Å². The third kappa shape index (κ3) is 3.09. The van der Waals surface area contributed by atoms with Gasteiger partial charge in [-0.2, -0.15) is 0 Å². The van der Waals surface area contributed by atoms with Crippen molar-refractivity contribution in [3.05, 3.63) is 35.9 Å². The fourth-order valence-corrected chi connectivity index (χ4v) is 2.96. The summed E-state index contributed by atoms with van der Waals surface area (Å²) in [6, 6.07) is 8.84. The molecule has 2 unspecified atom stereocenters. The fourth-order valence-electron chi connectivity index (χ4n) is 2.96. The summed E-state index contributed by atoms with van der Waals surface area (Å²) in [5, 5.41) is 9.42. The lowest BCUT2D eigenvalue weighted by Crippen LogP contribution is -2.54. The van der Waals surface area contributed by atoms with Gasteiger partial charge in [0.1, 0.15) is 6.04 Å². The van der Waals surface area contributed by atoms with E-state index in [0.29, 0.717) is 18.9 Å². The van der Waals surface area contributed by atoms with Crippen LogP contribution in [0, 0.1) is 5.92 Å². The number of hydrogen-bond donors (Lipinski definition) is 1. The minimum Gasteiger partial charge on any atom is -0.480 e. The minimum atomic E-state index is -0.904. The Kier molecular flexibility index (Phi) is 4.35. The third-order valence-corrected chi connectivity index (χ3v) is 4.44. The Morgan fingerprint density at radius 1 is 1.24 bits per heavy atom. The molecule has 2 rings (SSSR count). The van der Waals surface area contributed by atoms with Gasteiger partial charge in [-0.3, -0.25) is 4.79 Å². The first-order chi connectivity index (χ1) is 9.84. The van der Waals surface area contributed by atoms with E-state index in [0.717, 1.165) is 12.0 Å². The Hall–Kier alpha value is -1.84. The van der Waals surface area contributed by atoms with E-state index in [1.54, 1.807) is 4.90 Å². The summed E-state index contributed by atoms with van der Waals surface area (Å²) >= 11 is 0. The highest BCUT2D eigenvalue weighted by Gasteiger charge is 2.41. The molecule has 114 valence electrons. The zero-order valence-corrected chi connectivity index (χ0v) is 12.9. The van der Waals surface area contributed by atoms with Crippen LogP contribution >= 0.6 is 0 Å². The molecule has 1 saturated heterocycles. The number of benzene rings is 1. The summed E-state index contributed by atoms with van der Waals surface area (Å²) in [5.41, 5.74) is 0.202. The first-order valence-corrected chi connectivity index (χ1v) is 7.43. The van der Waals surface area contributed by atoms with Crippen LogP contribution in [-0.2, 0) is 15.0 Å². The molecular weight excluding hydrogens is 266 g/mol. The van der Waals surface area contributed by atoms with E-state index in [2.05, 4.69) is 0 Å². The van der Waals surface area contributed by atoms with Gasteiger partial charge < -0.3 is 10.0 Å². The number of carbonyl (C=O) groups is 2. The highest BCUT2D eigenvalue weighted by molar-refractivity contribution is 5.91. The SMILES string of the molecule is CC1CCN(C(=O)C(C)(C)c2ccccc2)C(C(=O)O)C1. The quantitative estimate of drug-likeness (QED) is 0.930. The van der Waals surface area contributed by atoms with Crippen LogP contribution in [0.3, 0.4) is 0 Å². The maximum atomic E-state index is 12.9. The van der Waals surface area contributed by atoms with Crippen LogP contribution in [0.4, 0.5) is 0 Å². The molecule has 21 heavy (non-hydrogen) atoms. The predicted octanol–water partition coefficient (Wildman–Crippen LogP) is 2.68. The molecule has 0 spiro atoms. The molecule has 4 heteroatoms. The maximum Gasteiger partial charge on any atom is 0.326 e. The number of aliphatic carboxylic acids is 1. The van der Waals surface area contributed by atoms with E-state index in [1.807, 2.05) is 51.1 Å². The number of amides is 1. The molecule has 1 fully saturated rings. The van der Waals surface area contributed by atoms with Gasteiger partial charge in [-0.25, -0.2) is 4.79 Å². The van der Waals surface area contributed by atoms with Gasteiger partial charge in [-0.15, -0.1) is 0 Å². The second-order valence-electron chi connectivity index (χ2n) is 6.47. The summed E-state index contributed by atoms with van der Waals surface area (Å²) in [7, 11) is 0. The van der Waals surface area contributed by atoms with Crippen molar-refractivity contribution in [1.29, 1.82) is 0 Å². The molecule has 0 aliphatic carbocycles. The Bertz CT molecular complexity index is 524. The minimum absolute atomic E-state index is 0.104. The van der Waals surface area contributed by atoms with Gasteiger partial charge in [0.15, 0.2) is 0 Å². The van der Waals surface area contributed by atoms with Crippen molar-refractivity contribution in [2.75, 3.05) is 6.54 Å². The zero-order valence-electron chi connectivity index (χ0n) is 12.9. The van der Waals surface area contributed by atoms with Gasteiger partial charge in [0.05, 0.1) is 5.41 Å². The topological polar surface area (TPSA) is 57.6 Å². The lowest BCUT2D eigenvalue weighted by molar-refractivity contribution is -0.155. The lowest BCUT2D eigenvalue weighted by atomic mass is 9.81. The fraction of sp³-hybridized carbons (Fsp3) is 0.529. The van der Waals surface area contributed by atoms with Gasteiger partial charge in [0, 0.05) is 6.54 Å². The number of carbonyl (C=O) groups excluding carboxylic acids is 1. The van der Waals surface area contributed by atoms with E-state index in [1.165, 1.54) is 0 Å². The number of carboxylic acid groups (broad SMARTS) is 1. The molecule has 1 heterocycles. The van der Waals surface area contributed by atoms with Crippen molar-refractivity contribution in [2.45, 2.75) is 45.1 Å². The molecule has 1 amide bonds. The van der Waals surface area contributed by atoms with E-state index in [9.17, 15) is 14.7 Å². The predicted molar refractivity (Wildman–Crippen MR) is 81.0 cm³/mol. The Balaban J connectivity index is 2.27. The number of nitrogens with zero attached hydrogens (tertiary/aromatic N) is 1. The number of likely N-dealkylation sites (tertiary alicyclic amines) is 1. The van der Waals surface area contributed by atoms with Crippen molar-refractivity contribution in [3.63, 3.8) is 0 Å². The molecule has 1 aliphatic heterocycles. The van der Waals surface area contributed by atoms with E-state index in [-0.39, 0.29) is 5.91 Å². The largest absolute Gasteiger partial charge is 0.480 e. The smallest absolute Gasteiger partial charge is 0.326 e. The molecular formula is C17H23NO3. The number of hydrogen-bond acceptors (Lipinski definition) is 2.